The number of hydrogen-bond acceptors (Lipinski definition) is 2. The number of carbonyl (C=O) groups is 1. The number of hydrogen-bond donors (Lipinski definition) is 1. The van der Waals surface area contributed by atoms with Crippen molar-refractivity contribution in [3.8, 4) is 0 Å². The van der Waals surface area contributed by atoms with Gasteiger partial charge in [-0.25, -0.2) is 0 Å². The molecule has 0 spiro atoms. The molecule has 0 radical (unpaired) electrons. The second-order valence-electron chi connectivity index (χ2n) is 5.05. The number of rotatable bonds is 6. The average molecular weight is 240 g/mol. The zero-order valence-electron chi connectivity index (χ0n) is 11.5. The van der Waals surface area contributed by atoms with E-state index in [1.165, 1.54) is 38.5 Å². The predicted molar refractivity (Wildman–Crippen MR) is 72.0 cm³/mol. The van der Waals surface area contributed by atoms with Gasteiger partial charge in [-0.2, -0.15) is 0 Å². The third-order valence-corrected chi connectivity index (χ3v) is 3.80. The van der Waals surface area contributed by atoms with Crippen molar-refractivity contribution >= 4 is 5.91 Å². The van der Waals surface area contributed by atoms with Crippen LogP contribution < -0.4 is 5.32 Å². The van der Waals surface area contributed by atoms with Gasteiger partial charge >= 0.3 is 0 Å². The van der Waals surface area contributed by atoms with Crippen LogP contribution in [0.3, 0.4) is 0 Å². The van der Waals surface area contributed by atoms with Crippen LogP contribution in [0.5, 0.6) is 0 Å². The summed E-state index contributed by atoms with van der Waals surface area (Å²) in [5.41, 5.74) is 0. The third-order valence-electron chi connectivity index (χ3n) is 3.80. The average Bonchev–Trinajstić information content (AvgIpc) is 2.59. The molecule has 0 heterocycles. The van der Waals surface area contributed by atoms with Gasteiger partial charge in [0.2, 0.25) is 5.91 Å². The molecule has 100 valence electrons. The fourth-order valence-electron chi connectivity index (χ4n) is 2.64. The largest absolute Gasteiger partial charge is 0.342 e. The van der Waals surface area contributed by atoms with Crippen molar-refractivity contribution in [2.45, 2.75) is 52.4 Å². The van der Waals surface area contributed by atoms with E-state index in [2.05, 4.69) is 5.32 Å². The zero-order valence-corrected chi connectivity index (χ0v) is 11.5. The van der Waals surface area contributed by atoms with E-state index in [0.29, 0.717) is 6.54 Å². The summed E-state index contributed by atoms with van der Waals surface area (Å²) >= 11 is 0. The monoisotopic (exact) mass is 240 g/mol. The molecule has 1 fully saturated rings. The Morgan fingerprint density at radius 3 is 2.24 bits per heavy atom. The Morgan fingerprint density at radius 1 is 1.12 bits per heavy atom. The van der Waals surface area contributed by atoms with Crippen LogP contribution in [-0.4, -0.2) is 37.0 Å². The molecule has 1 aliphatic carbocycles. The van der Waals surface area contributed by atoms with Crippen LogP contribution in [0.1, 0.15) is 52.4 Å². The third kappa shape index (κ3) is 5.53. The van der Waals surface area contributed by atoms with Crippen LogP contribution in [0.4, 0.5) is 0 Å². The van der Waals surface area contributed by atoms with Gasteiger partial charge in [0.1, 0.15) is 0 Å². The highest BCUT2D eigenvalue weighted by molar-refractivity contribution is 5.78. The Bertz CT molecular complexity index is 206. The number of likely N-dealkylation sites (N-methyl/N-ethyl adjacent to an activating group) is 1. The molecule has 0 aromatic rings. The van der Waals surface area contributed by atoms with E-state index in [4.69, 9.17) is 0 Å². The maximum absolute atomic E-state index is 11.8. The Kier molecular flexibility index (Phi) is 7.25. The SMILES string of the molecule is CCN(CC)C(=O)CNCC1CCCCCC1. The highest BCUT2D eigenvalue weighted by Crippen LogP contribution is 2.21. The molecular weight excluding hydrogens is 212 g/mol. The van der Waals surface area contributed by atoms with Gasteiger partial charge in [-0.05, 0) is 39.2 Å². The Labute approximate surface area is 106 Å². The number of carbonyl (C=O) groups excluding carboxylic acids is 1. The van der Waals surface area contributed by atoms with Crippen LogP contribution in [0, 0.1) is 5.92 Å². The predicted octanol–water partition coefficient (Wildman–Crippen LogP) is 2.41. The number of amides is 1. The van der Waals surface area contributed by atoms with Crippen molar-refractivity contribution in [2.24, 2.45) is 5.92 Å². The van der Waals surface area contributed by atoms with Crippen LogP contribution in [0.25, 0.3) is 0 Å². The molecule has 0 bridgehead atoms. The Hall–Kier alpha value is -0.570. The first kappa shape index (κ1) is 14.5. The molecule has 1 N–H and O–H groups in total. The first-order valence-corrected chi connectivity index (χ1v) is 7.26. The minimum atomic E-state index is 0.239. The summed E-state index contributed by atoms with van der Waals surface area (Å²) in [4.78, 5) is 13.7. The van der Waals surface area contributed by atoms with Gasteiger partial charge in [0.15, 0.2) is 0 Å². The van der Waals surface area contributed by atoms with E-state index in [0.717, 1.165) is 25.6 Å². The molecule has 0 aliphatic heterocycles. The normalized spacial score (nSPS) is 17.8. The van der Waals surface area contributed by atoms with Crippen molar-refractivity contribution < 1.29 is 4.79 Å². The summed E-state index contributed by atoms with van der Waals surface area (Å²) in [5, 5.41) is 3.34. The van der Waals surface area contributed by atoms with E-state index in [-0.39, 0.29) is 5.91 Å². The summed E-state index contributed by atoms with van der Waals surface area (Å²) in [7, 11) is 0. The van der Waals surface area contributed by atoms with Gasteiger partial charge in [0, 0.05) is 13.1 Å². The molecule has 0 aromatic heterocycles. The standard InChI is InChI=1S/C14H28N2O/c1-3-16(4-2)14(17)12-15-11-13-9-7-5-6-8-10-13/h13,15H,3-12H2,1-2H3. The molecule has 1 saturated carbocycles. The van der Waals surface area contributed by atoms with Gasteiger partial charge in [-0.15, -0.1) is 0 Å². The number of nitrogens with one attached hydrogen (secondary N) is 1. The molecule has 17 heavy (non-hydrogen) atoms. The van der Waals surface area contributed by atoms with Crippen molar-refractivity contribution in [1.82, 2.24) is 10.2 Å². The summed E-state index contributed by atoms with van der Waals surface area (Å²) < 4.78 is 0. The fourth-order valence-corrected chi connectivity index (χ4v) is 2.64. The lowest BCUT2D eigenvalue weighted by molar-refractivity contribution is -0.129. The maximum Gasteiger partial charge on any atom is 0.236 e. The first-order chi connectivity index (χ1) is 8.27. The summed E-state index contributed by atoms with van der Waals surface area (Å²) in [6.45, 7) is 7.24. The van der Waals surface area contributed by atoms with Crippen molar-refractivity contribution in [3.63, 3.8) is 0 Å². The second-order valence-corrected chi connectivity index (χ2v) is 5.05. The Balaban J connectivity index is 2.15. The van der Waals surface area contributed by atoms with Gasteiger partial charge in [0.05, 0.1) is 6.54 Å². The van der Waals surface area contributed by atoms with Crippen LogP contribution >= 0.6 is 0 Å². The molecule has 3 nitrogen and oxygen atoms in total. The molecule has 0 saturated heterocycles. The highest BCUT2D eigenvalue weighted by Gasteiger charge is 2.13. The summed E-state index contributed by atoms with van der Waals surface area (Å²) in [6, 6.07) is 0. The first-order valence-electron chi connectivity index (χ1n) is 7.26. The lowest BCUT2D eigenvalue weighted by atomic mass is 10.0. The van der Waals surface area contributed by atoms with Crippen molar-refractivity contribution in [1.29, 1.82) is 0 Å². The fraction of sp³-hybridized carbons (Fsp3) is 0.929. The van der Waals surface area contributed by atoms with Crippen molar-refractivity contribution in [3.05, 3.63) is 0 Å². The zero-order chi connectivity index (χ0) is 12.5. The molecule has 0 atom stereocenters. The highest BCUT2D eigenvalue weighted by atomic mass is 16.2. The van der Waals surface area contributed by atoms with Crippen LogP contribution in [-0.2, 0) is 4.79 Å². The quantitative estimate of drug-likeness (QED) is 0.723. The van der Waals surface area contributed by atoms with E-state index < -0.39 is 0 Å². The lowest BCUT2D eigenvalue weighted by Crippen LogP contribution is -2.39. The Morgan fingerprint density at radius 2 is 1.71 bits per heavy atom. The molecule has 1 aliphatic rings. The smallest absolute Gasteiger partial charge is 0.236 e. The second kappa shape index (κ2) is 8.51. The molecule has 1 amide bonds. The maximum atomic E-state index is 11.8. The van der Waals surface area contributed by atoms with Gasteiger partial charge in [-0.3, -0.25) is 4.79 Å². The summed E-state index contributed by atoms with van der Waals surface area (Å²) in [6.07, 6.45) is 8.22. The minimum absolute atomic E-state index is 0.239. The van der Waals surface area contributed by atoms with Crippen LogP contribution in [0.2, 0.25) is 0 Å². The molecule has 0 unspecified atom stereocenters. The van der Waals surface area contributed by atoms with Gasteiger partial charge in [-0.1, -0.05) is 25.7 Å². The molecule has 3 heteroatoms. The minimum Gasteiger partial charge on any atom is -0.342 e. The van der Waals surface area contributed by atoms with Crippen molar-refractivity contribution in [2.75, 3.05) is 26.2 Å². The summed E-state index contributed by atoms with van der Waals surface area (Å²) in [5.74, 6) is 1.03. The molecular formula is C14H28N2O. The van der Waals surface area contributed by atoms with E-state index in [1.807, 2.05) is 18.7 Å². The molecule has 0 aromatic carbocycles. The van der Waals surface area contributed by atoms with Gasteiger partial charge in [0.25, 0.3) is 0 Å². The van der Waals surface area contributed by atoms with E-state index >= 15 is 0 Å². The lowest BCUT2D eigenvalue weighted by Gasteiger charge is -2.20. The van der Waals surface area contributed by atoms with E-state index in [1.54, 1.807) is 0 Å². The molecule has 1 rings (SSSR count). The van der Waals surface area contributed by atoms with Crippen LogP contribution in [0.15, 0.2) is 0 Å². The topological polar surface area (TPSA) is 32.3 Å². The number of nitrogens with zero attached hydrogens (tertiary/aromatic N) is 1. The van der Waals surface area contributed by atoms with Gasteiger partial charge < -0.3 is 10.2 Å². The van der Waals surface area contributed by atoms with E-state index in [9.17, 15) is 4.79 Å².